The number of piperidine rings is 1. The molecule has 1 aliphatic rings. The van der Waals surface area contributed by atoms with Crippen molar-refractivity contribution in [2.75, 3.05) is 26.7 Å². The zero-order valence-corrected chi connectivity index (χ0v) is 17.1. The lowest BCUT2D eigenvalue weighted by Gasteiger charge is -2.34. The van der Waals surface area contributed by atoms with Gasteiger partial charge in [-0.1, -0.05) is 23.7 Å². The van der Waals surface area contributed by atoms with E-state index in [4.69, 9.17) is 17.3 Å². The standard InChI is InChI=1S/C17H25ClN4O.HI/c1-20-17(21-9-8-13-4-6-15(18)7-5-13)22-10-2-3-14(12-22)11-16(19)23;/h4-7,14H,2-3,8-12H2,1H3,(H2,19,23)(H,20,21);1H. The zero-order chi connectivity index (χ0) is 16.7. The fourth-order valence-electron chi connectivity index (χ4n) is 3.01. The summed E-state index contributed by atoms with van der Waals surface area (Å²) in [7, 11) is 1.79. The average molecular weight is 465 g/mol. The van der Waals surface area contributed by atoms with Crippen LogP contribution in [-0.2, 0) is 11.2 Å². The highest BCUT2D eigenvalue weighted by molar-refractivity contribution is 14.0. The summed E-state index contributed by atoms with van der Waals surface area (Å²) in [4.78, 5) is 17.7. The van der Waals surface area contributed by atoms with Gasteiger partial charge in [0.25, 0.3) is 0 Å². The predicted octanol–water partition coefficient (Wildman–Crippen LogP) is 2.66. The molecule has 1 fully saturated rings. The molecule has 3 N–H and O–H groups in total. The van der Waals surface area contributed by atoms with Gasteiger partial charge in [0.1, 0.15) is 0 Å². The maximum absolute atomic E-state index is 11.1. The third-order valence-electron chi connectivity index (χ3n) is 4.13. The Morgan fingerprint density at radius 1 is 1.42 bits per heavy atom. The van der Waals surface area contributed by atoms with Gasteiger partial charge >= 0.3 is 0 Å². The molecule has 1 unspecified atom stereocenters. The van der Waals surface area contributed by atoms with Crippen LogP contribution >= 0.6 is 35.6 Å². The first kappa shape index (κ1) is 21.0. The molecule has 0 saturated carbocycles. The number of guanidine groups is 1. The molecule has 7 heteroatoms. The van der Waals surface area contributed by atoms with Crippen LogP contribution in [0.25, 0.3) is 0 Å². The Balaban J connectivity index is 0.00000288. The zero-order valence-electron chi connectivity index (χ0n) is 14.0. The highest BCUT2D eigenvalue weighted by Gasteiger charge is 2.23. The molecule has 1 amide bonds. The number of nitrogens with two attached hydrogens (primary N) is 1. The summed E-state index contributed by atoms with van der Waals surface area (Å²) < 4.78 is 0. The second kappa shape index (κ2) is 10.8. The number of benzene rings is 1. The molecule has 0 radical (unpaired) electrons. The second-order valence-corrected chi connectivity index (χ2v) is 6.41. The monoisotopic (exact) mass is 464 g/mol. The van der Waals surface area contributed by atoms with Crippen molar-refractivity contribution in [3.05, 3.63) is 34.9 Å². The molecule has 0 bridgehead atoms. The van der Waals surface area contributed by atoms with Crippen LogP contribution in [-0.4, -0.2) is 43.4 Å². The third kappa shape index (κ3) is 6.84. The van der Waals surface area contributed by atoms with Gasteiger partial charge in [-0.3, -0.25) is 9.79 Å². The normalized spacial score (nSPS) is 18.0. The molecule has 0 spiro atoms. The van der Waals surface area contributed by atoms with Crippen LogP contribution < -0.4 is 11.1 Å². The molecule has 1 atom stereocenters. The second-order valence-electron chi connectivity index (χ2n) is 5.98. The van der Waals surface area contributed by atoms with Gasteiger partial charge in [-0.05, 0) is 42.9 Å². The fourth-order valence-corrected chi connectivity index (χ4v) is 3.14. The number of likely N-dealkylation sites (tertiary alicyclic amines) is 1. The number of carbonyl (C=O) groups is 1. The smallest absolute Gasteiger partial charge is 0.217 e. The number of aliphatic imine (C=N–C) groups is 1. The van der Waals surface area contributed by atoms with E-state index in [0.717, 1.165) is 49.9 Å². The summed E-state index contributed by atoms with van der Waals surface area (Å²) in [6, 6.07) is 7.89. The quantitative estimate of drug-likeness (QED) is 0.400. The maximum atomic E-state index is 11.1. The average Bonchev–Trinajstić information content (AvgIpc) is 2.53. The van der Waals surface area contributed by atoms with Crippen molar-refractivity contribution in [3.63, 3.8) is 0 Å². The van der Waals surface area contributed by atoms with Crippen molar-refractivity contribution in [1.82, 2.24) is 10.2 Å². The summed E-state index contributed by atoms with van der Waals surface area (Å²) in [6.45, 7) is 2.62. The molecule has 1 aromatic rings. The molecule has 1 heterocycles. The van der Waals surface area contributed by atoms with Gasteiger partial charge in [-0.25, -0.2) is 0 Å². The van der Waals surface area contributed by atoms with E-state index in [9.17, 15) is 4.79 Å². The molecule has 134 valence electrons. The molecular formula is C17H26ClIN4O. The van der Waals surface area contributed by atoms with Crippen molar-refractivity contribution >= 4 is 47.4 Å². The summed E-state index contributed by atoms with van der Waals surface area (Å²) >= 11 is 5.90. The lowest BCUT2D eigenvalue weighted by Crippen LogP contribution is -2.47. The number of rotatable bonds is 5. The van der Waals surface area contributed by atoms with Gasteiger partial charge in [0.15, 0.2) is 5.96 Å². The van der Waals surface area contributed by atoms with Gasteiger partial charge in [-0.2, -0.15) is 0 Å². The van der Waals surface area contributed by atoms with Crippen molar-refractivity contribution in [2.45, 2.75) is 25.7 Å². The van der Waals surface area contributed by atoms with Crippen LogP contribution in [0.2, 0.25) is 5.02 Å². The SMILES string of the molecule is CN=C(NCCc1ccc(Cl)cc1)N1CCCC(CC(N)=O)C1.I. The number of primary amides is 1. The number of hydrogen-bond donors (Lipinski definition) is 2. The number of amides is 1. The Hall–Kier alpha value is -1.02. The van der Waals surface area contributed by atoms with Crippen molar-refractivity contribution in [2.24, 2.45) is 16.6 Å². The minimum absolute atomic E-state index is 0. The Kier molecular flexibility index (Phi) is 9.43. The molecule has 1 aliphatic heterocycles. The van der Waals surface area contributed by atoms with E-state index >= 15 is 0 Å². The molecule has 24 heavy (non-hydrogen) atoms. The van der Waals surface area contributed by atoms with Gasteiger partial charge in [0.05, 0.1) is 0 Å². The molecule has 5 nitrogen and oxygen atoms in total. The van der Waals surface area contributed by atoms with Crippen LogP contribution in [0, 0.1) is 5.92 Å². The maximum Gasteiger partial charge on any atom is 0.217 e. The summed E-state index contributed by atoms with van der Waals surface area (Å²) in [5.41, 5.74) is 6.56. The minimum Gasteiger partial charge on any atom is -0.370 e. The van der Waals surface area contributed by atoms with Crippen molar-refractivity contribution in [3.8, 4) is 0 Å². The Morgan fingerprint density at radius 2 is 2.12 bits per heavy atom. The van der Waals surface area contributed by atoms with Gasteiger partial charge < -0.3 is 16.0 Å². The highest BCUT2D eigenvalue weighted by Crippen LogP contribution is 2.19. The molecule has 1 aromatic carbocycles. The van der Waals surface area contributed by atoms with Crippen LogP contribution in [0.1, 0.15) is 24.8 Å². The molecule has 0 aromatic heterocycles. The lowest BCUT2D eigenvalue weighted by molar-refractivity contribution is -0.119. The Bertz CT molecular complexity index is 550. The summed E-state index contributed by atoms with van der Waals surface area (Å²) in [6.07, 6.45) is 3.49. The number of halogens is 2. The van der Waals surface area contributed by atoms with Crippen molar-refractivity contribution < 1.29 is 4.79 Å². The first-order chi connectivity index (χ1) is 11.1. The van der Waals surface area contributed by atoms with E-state index in [1.807, 2.05) is 24.3 Å². The topological polar surface area (TPSA) is 70.7 Å². The number of carbonyl (C=O) groups excluding carboxylic acids is 1. The minimum atomic E-state index is -0.220. The van der Waals surface area contributed by atoms with E-state index in [2.05, 4.69) is 15.2 Å². The fraction of sp³-hybridized carbons (Fsp3) is 0.529. The predicted molar refractivity (Wildman–Crippen MR) is 110 cm³/mol. The summed E-state index contributed by atoms with van der Waals surface area (Å²) in [5.74, 6) is 1.01. The van der Waals surface area contributed by atoms with Gasteiger partial charge in [0.2, 0.25) is 5.91 Å². The van der Waals surface area contributed by atoms with Crippen LogP contribution in [0.15, 0.2) is 29.3 Å². The van der Waals surface area contributed by atoms with Crippen LogP contribution in [0.4, 0.5) is 0 Å². The molecule has 2 rings (SSSR count). The first-order valence-corrected chi connectivity index (χ1v) is 8.44. The van der Waals surface area contributed by atoms with E-state index < -0.39 is 0 Å². The van der Waals surface area contributed by atoms with Crippen molar-refractivity contribution in [1.29, 1.82) is 0 Å². The number of nitrogens with zero attached hydrogens (tertiary/aromatic N) is 2. The highest BCUT2D eigenvalue weighted by atomic mass is 127. The lowest BCUT2D eigenvalue weighted by atomic mass is 9.95. The van der Waals surface area contributed by atoms with E-state index in [1.165, 1.54) is 5.56 Å². The third-order valence-corrected chi connectivity index (χ3v) is 4.38. The van der Waals surface area contributed by atoms with Gasteiger partial charge in [0, 0.05) is 38.1 Å². The summed E-state index contributed by atoms with van der Waals surface area (Å²) in [5, 5.41) is 4.16. The largest absolute Gasteiger partial charge is 0.370 e. The van der Waals surface area contributed by atoms with Gasteiger partial charge in [-0.15, -0.1) is 24.0 Å². The molecule has 0 aliphatic carbocycles. The van der Waals surface area contributed by atoms with E-state index in [0.29, 0.717) is 12.3 Å². The van der Waals surface area contributed by atoms with Crippen LogP contribution in [0.3, 0.4) is 0 Å². The Labute approximate surface area is 166 Å². The number of hydrogen-bond acceptors (Lipinski definition) is 2. The molecular weight excluding hydrogens is 439 g/mol. The van der Waals surface area contributed by atoms with E-state index in [1.54, 1.807) is 7.05 Å². The van der Waals surface area contributed by atoms with E-state index in [-0.39, 0.29) is 29.9 Å². The number of nitrogens with one attached hydrogen (secondary N) is 1. The molecule has 1 saturated heterocycles. The van der Waals surface area contributed by atoms with Crippen LogP contribution in [0.5, 0.6) is 0 Å². The Morgan fingerprint density at radius 3 is 2.75 bits per heavy atom. The first-order valence-electron chi connectivity index (χ1n) is 8.07.